The lowest BCUT2D eigenvalue weighted by atomic mass is 10.1. The molecule has 1 aliphatic heterocycles. The van der Waals surface area contributed by atoms with E-state index in [0.29, 0.717) is 13.0 Å². The first-order valence-corrected chi connectivity index (χ1v) is 4.94. The number of terminal acetylenes is 1. The summed E-state index contributed by atoms with van der Waals surface area (Å²) in [5.41, 5.74) is -1.70. The molecule has 4 heteroatoms. The summed E-state index contributed by atoms with van der Waals surface area (Å²) in [6.07, 6.45) is 5.16. The molecule has 1 heterocycles. The maximum Gasteiger partial charge on any atom is 0.410 e. The number of ether oxygens (including phenoxy) is 1. The van der Waals surface area contributed by atoms with Crippen LogP contribution in [0.15, 0.2) is 0 Å². The van der Waals surface area contributed by atoms with Crippen LogP contribution < -0.4 is 0 Å². The van der Waals surface area contributed by atoms with Crippen LogP contribution in [-0.4, -0.2) is 40.4 Å². The van der Waals surface area contributed by atoms with Gasteiger partial charge in [0, 0.05) is 13.0 Å². The number of carbonyl (C=O) groups excluding carboxylic acids is 1. The number of likely N-dealkylation sites (tertiary alicyclic amines) is 1. The van der Waals surface area contributed by atoms with Crippen LogP contribution in [0.1, 0.15) is 27.2 Å². The van der Waals surface area contributed by atoms with Gasteiger partial charge in [-0.1, -0.05) is 5.92 Å². The number of rotatable bonds is 0. The van der Waals surface area contributed by atoms with Crippen molar-refractivity contribution in [2.24, 2.45) is 0 Å². The summed E-state index contributed by atoms with van der Waals surface area (Å²) >= 11 is 0. The van der Waals surface area contributed by atoms with E-state index >= 15 is 0 Å². The van der Waals surface area contributed by atoms with Crippen LogP contribution >= 0.6 is 0 Å². The molecule has 15 heavy (non-hydrogen) atoms. The molecule has 0 aromatic rings. The third-order valence-corrected chi connectivity index (χ3v) is 2.17. The summed E-state index contributed by atoms with van der Waals surface area (Å²) in [6.45, 7) is 5.99. The lowest BCUT2D eigenvalue weighted by Gasteiger charge is -2.24. The predicted molar refractivity (Wildman–Crippen MR) is 56.2 cm³/mol. The molecule has 4 nitrogen and oxygen atoms in total. The molecule has 84 valence electrons. The highest BCUT2D eigenvalue weighted by Gasteiger charge is 2.38. The molecule has 0 unspecified atom stereocenters. The van der Waals surface area contributed by atoms with Crippen molar-refractivity contribution in [2.75, 3.05) is 13.1 Å². The van der Waals surface area contributed by atoms with E-state index in [9.17, 15) is 9.90 Å². The van der Waals surface area contributed by atoms with Gasteiger partial charge in [0.15, 0.2) is 0 Å². The Morgan fingerprint density at radius 3 is 2.60 bits per heavy atom. The molecule has 0 bridgehead atoms. The van der Waals surface area contributed by atoms with E-state index in [4.69, 9.17) is 11.2 Å². The maximum absolute atomic E-state index is 11.6. The molecule has 0 aromatic carbocycles. The molecule has 1 N–H and O–H groups in total. The second kappa shape index (κ2) is 3.74. The fourth-order valence-corrected chi connectivity index (χ4v) is 1.39. The Hall–Kier alpha value is -1.21. The molecule has 1 amide bonds. The molecule has 0 aliphatic carbocycles. The van der Waals surface area contributed by atoms with Crippen molar-refractivity contribution in [3.05, 3.63) is 0 Å². The third kappa shape index (κ3) is 3.14. The first kappa shape index (κ1) is 11.9. The van der Waals surface area contributed by atoms with Crippen LogP contribution in [0.3, 0.4) is 0 Å². The number of β-amino-alcohol motifs (C(OH)–C–C–N with tert-alkyl or cyclic N) is 1. The van der Waals surface area contributed by atoms with Gasteiger partial charge in [-0.2, -0.15) is 0 Å². The average Bonchev–Trinajstić information content (AvgIpc) is 2.46. The van der Waals surface area contributed by atoms with Crippen LogP contribution in [0.2, 0.25) is 0 Å². The number of nitrogens with zero attached hydrogens (tertiary/aromatic N) is 1. The van der Waals surface area contributed by atoms with Gasteiger partial charge in [0.25, 0.3) is 0 Å². The summed E-state index contributed by atoms with van der Waals surface area (Å²) < 4.78 is 5.17. The molecule has 1 saturated heterocycles. The standard InChI is InChI=1S/C11H17NO3/c1-5-11(14)6-7-12(8-11)9(13)15-10(2,3)4/h1,14H,6-8H2,2-4H3/t11-/m0/s1. The number of carbonyl (C=O) groups is 1. The lowest BCUT2D eigenvalue weighted by molar-refractivity contribution is 0.0239. The summed E-state index contributed by atoms with van der Waals surface area (Å²) in [6, 6.07) is 0. The highest BCUT2D eigenvalue weighted by molar-refractivity contribution is 5.68. The minimum atomic E-state index is -1.18. The molecule has 0 radical (unpaired) electrons. The fraction of sp³-hybridized carbons (Fsp3) is 0.727. The number of amides is 1. The summed E-state index contributed by atoms with van der Waals surface area (Å²) in [5.74, 6) is 2.29. The van der Waals surface area contributed by atoms with Crippen molar-refractivity contribution in [2.45, 2.75) is 38.4 Å². The van der Waals surface area contributed by atoms with Crippen LogP contribution in [0, 0.1) is 12.3 Å². The van der Waals surface area contributed by atoms with Gasteiger partial charge in [-0.05, 0) is 20.8 Å². The fourth-order valence-electron chi connectivity index (χ4n) is 1.39. The van der Waals surface area contributed by atoms with Gasteiger partial charge < -0.3 is 14.7 Å². The van der Waals surface area contributed by atoms with Crippen LogP contribution in [0.4, 0.5) is 4.79 Å². The molecule has 0 spiro atoms. The van der Waals surface area contributed by atoms with Crippen molar-refractivity contribution >= 4 is 6.09 Å². The van der Waals surface area contributed by atoms with Crippen LogP contribution in [-0.2, 0) is 4.74 Å². The van der Waals surface area contributed by atoms with Gasteiger partial charge in [0.2, 0.25) is 0 Å². The van der Waals surface area contributed by atoms with E-state index in [0.717, 1.165) is 0 Å². The molecule has 1 aliphatic rings. The Labute approximate surface area is 90.2 Å². The predicted octanol–water partition coefficient (Wildman–Crippen LogP) is 0.992. The van der Waals surface area contributed by atoms with Crippen molar-refractivity contribution in [1.82, 2.24) is 4.90 Å². The second-order valence-electron chi connectivity index (χ2n) is 4.83. The average molecular weight is 211 g/mol. The molecular weight excluding hydrogens is 194 g/mol. The molecule has 0 saturated carbocycles. The highest BCUT2D eigenvalue weighted by Crippen LogP contribution is 2.22. The Balaban J connectivity index is 2.56. The van der Waals surface area contributed by atoms with E-state index < -0.39 is 17.3 Å². The minimum Gasteiger partial charge on any atom is -0.444 e. The quantitative estimate of drug-likeness (QED) is 0.608. The summed E-state index contributed by atoms with van der Waals surface area (Å²) in [4.78, 5) is 13.0. The minimum absolute atomic E-state index is 0.151. The van der Waals surface area contributed by atoms with Gasteiger partial charge in [0.1, 0.15) is 11.2 Å². The third-order valence-electron chi connectivity index (χ3n) is 2.17. The molecular formula is C11H17NO3. The zero-order valence-corrected chi connectivity index (χ0v) is 9.41. The lowest BCUT2D eigenvalue weighted by Crippen LogP contribution is -2.38. The molecule has 1 atom stereocenters. The molecule has 0 aromatic heterocycles. The SMILES string of the molecule is C#C[C@]1(O)CCN(C(=O)OC(C)(C)C)C1. The van der Waals surface area contributed by atoms with Gasteiger partial charge >= 0.3 is 6.09 Å². The molecule has 1 rings (SSSR count). The highest BCUT2D eigenvalue weighted by atomic mass is 16.6. The summed E-state index contributed by atoms with van der Waals surface area (Å²) in [5, 5.41) is 9.73. The van der Waals surface area contributed by atoms with Crippen molar-refractivity contribution < 1.29 is 14.6 Å². The van der Waals surface area contributed by atoms with E-state index in [1.807, 2.05) is 0 Å². The van der Waals surface area contributed by atoms with Crippen molar-refractivity contribution in [1.29, 1.82) is 0 Å². The van der Waals surface area contributed by atoms with E-state index in [-0.39, 0.29) is 6.54 Å². The number of aliphatic hydroxyl groups is 1. The van der Waals surface area contributed by atoms with Gasteiger partial charge in [-0.3, -0.25) is 0 Å². The first-order chi connectivity index (χ1) is 6.76. The van der Waals surface area contributed by atoms with Crippen molar-refractivity contribution in [3.8, 4) is 12.3 Å². The zero-order valence-electron chi connectivity index (χ0n) is 9.41. The van der Waals surface area contributed by atoms with Crippen LogP contribution in [0.25, 0.3) is 0 Å². The largest absolute Gasteiger partial charge is 0.444 e. The number of hydrogen-bond acceptors (Lipinski definition) is 3. The zero-order chi connectivity index (χ0) is 11.7. The first-order valence-electron chi connectivity index (χ1n) is 4.94. The maximum atomic E-state index is 11.6. The van der Waals surface area contributed by atoms with E-state index in [1.165, 1.54) is 4.90 Å². The van der Waals surface area contributed by atoms with E-state index in [2.05, 4.69) is 5.92 Å². The van der Waals surface area contributed by atoms with Gasteiger partial charge in [-0.15, -0.1) is 6.42 Å². The van der Waals surface area contributed by atoms with Crippen molar-refractivity contribution in [3.63, 3.8) is 0 Å². The number of hydrogen-bond donors (Lipinski definition) is 1. The van der Waals surface area contributed by atoms with E-state index in [1.54, 1.807) is 20.8 Å². The smallest absolute Gasteiger partial charge is 0.410 e. The Bertz CT molecular complexity index is 300. The van der Waals surface area contributed by atoms with Gasteiger partial charge in [-0.25, -0.2) is 4.79 Å². The Morgan fingerprint density at radius 1 is 1.60 bits per heavy atom. The Kier molecular flexibility index (Phi) is 2.96. The topological polar surface area (TPSA) is 49.8 Å². The molecule has 1 fully saturated rings. The summed E-state index contributed by atoms with van der Waals surface area (Å²) in [7, 11) is 0. The Morgan fingerprint density at radius 2 is 2.20 bits per heavy atom. The van der Waals surface area contributed by atoms with Gasteiger partial charge in [0.05, 0.1) is 6.54 Å². The monoisotopic (exact) mass is 211 g/mol. The van der Waals surface area contributed by atoms with Crippen LogP contribution in [0.5, 0.6) is 0 Å². The second-order valence-corrected chi connectivity index (χ2v) is 4.83. The normalized spacial score (nSPS) is 26.2.